The van der Waals surface area contributed by atoms with Crippen LogP contribution in [0.2, 0.25) is 0 Å². The molecule has 94 valence electrons. The second-order valence-electron chi connectivity index (χ2n) is 4.15. The Balaban J connectivity index is 2.90. The van der Waals surface area contributed by atoms with Gasteiger partial charge in [-0.1, -0.05) is 31.9 Å². The largest absolute Gasteiger partial charge is 0.345 e. The molecule has 0 bridgehead atoms. The van der Waals surface area contributed by atoms with E-state index in [1.165, 1.54) is 10.6 Å². The van der Waals surface area contributed by atoms with Crippen molar-refractivity contribution in [1.82, 2.24) is 9.88 Å². The van der Waals surface area contributed by atoms with Crippen molar-refractivity contribution in [2.75, 3.05) is 10.7 Å². The monoisotopic (exact) mass is 364 g/mol. The number of aryl methyl sites for hydroxylation is 1. The lowest BCUT2D eigenvalue weighted by atomic mass is 10.1. The fourth-order valence-corrected chi connectivity index (χ4v) is 2.35. The first-order valence-corrected chi connectivity index (χ1v) is 7.27. The summed E-state index contributed by atoms with van der Waals surface area (Å²) in [4.78, 5) is 23.4. The molecule has 1 rings (SSSR count). The number of halogens is 2. The summed E-state index contributed by atoms with van der Waals surface area (Å²) in [5, 5.41) is 4.13. The van der Waals surface area contributed by atoms with Gasteiger partial charge in [0.05, 0.1) is 5.54 Å². The number of rotatable bonds is 4. The number of carbonyl (C=O) groups excluding carboxylic acids is 1. The van der Waals surface area contributed by atoms with E-state index in [0.29, 0.717) is 16.2 Å². The van der Waals surface area contributed by atoms with E-state index in [1.54, 1.807) is 19.3 Å². The zero-order valence-electron chi connectivity index (χ0n) is 9.67. The summed E-state index contributed by atoms with van der Waals surface area (Å²) < 4.78 is 1.42. The third-order valence-electron chi connectivity index (χ3n) is 2.37. The van der Waals surface area contributed by atoms with Crippen LogP contribution in [0.1, 0.15) is 17.3 Å². The van der Waals surface area contributed by atoms with Crippen molar-refractivity contribution in [3.05, 3.63) is 34.2 Å². The van der Waals surface area contributed by atoms with Gasteiger partial charge in [-0.15, -0.1) is 0 Å². The molecule has 0 aliphatic heterocycles. The first-order chi connectivity index (χ1) is 7.91. The highest BCUT2D eigenvalue weighted by Gasteiger charge is 2.24. The van der Waals surface area contributed by atoms with E-state index in [1.807, 2.05) is 6.92 Å². The number of alkyl halides is 2. The van der Waals surface area contributed by atoms with E-state index in [2.05, 4.69) is 37.2 Å². The van der Waals surface area contributed by atoms with Crippen molar-refractivity contribution < 1.29 is 4.79 Å². The van der Waals surface area contributed by atoms with Gasteiger partial charge in [0.15, 0.2) is 0 Å². The first-order valence-electron chi connectivity index (χ1n) is 5.03. The molecule has 0 aromatic carbocycles. The second-order valence-corrected chi connectivity index (χ2v) is 5.27. The van der Waals surface area contributed by atoms with E-state index in [4.69, 9.17) is 0 Å². The highest BCUT2D eigenvalue weighted by atomic mass is 79.9. The van der Waals surface area contributed by atoms with Crippen LogP contribution in [0.15, 0.2) is 23.1 Å². The van der Waals surface area contributed by atoms with Crippen LogP contribution in [0.5, 0.6) is 0 Å². The van der Waals surface area contributed by atoms with Gasteiger partial charge >= 0.3 is 0 Å². The van der Waals surface area contributed by atoms with E-state index >= 15 is 0 Å². The van der Waals surface area contributed by atoms with Crippen LogP contribution in [0.4, 0.5) is 0 Å². The molecule has 0 saturated carbocycles. The lowest BCUT2D eigenvalue weighted by Crippen LogP contribution is -2.49. The maximum Gasteiger partial charge on any atom is 0.252 e. The van der Waals surface area contributed by atoms with Gasteiger partial charge < -0.3 is 9.88 Å². The quantitative estimate of drug-likeness (QED) is 0.825. The van der Waals surface area contributed by atoms with Gasteiger partial charge in [-0.3, -0.25) is 9.59 Å². The average molecular weight is 366 g/mol. The molecule has 0 saturated heterocycles. The zero-order valence-corrected chi connectivity index (χ0v) is 12.8. The molecule has 1 aromatic heterocycles. The van der Waals surface area contributed by atoms with Crippen LogP contribution in [0, 0.1) is 0 Å². The van der Waals surface area contributed by atoms with Crippen LogP contribution < -0.4 is 10.9 Å². The fourth-order valence-electron chi connectivity index (χ4n) is 1.14. The number of pyridine rings is 1. The minimum Gasteiger partial charge on any atom is -0.345 e. The molecule has 0 aliphatic rings. The van der Waals surface area contributed by atoms with Crippen LogP contribution in [-0.2, 0) is 7.05 Å². The number of hydrogen-bond acceptors (Lipinski definition) is 2. The minimum atomic E-state index is -0.377. The summed E-state index contributed by atoms with van der Waals surface area (Å²) in [6.07, 6.45) is 1.58. The van der Waals surface area contributed by atoms with Crippen molar-refractivity contribution in [2.24, 2.45) is 7.05 Å². The van der Waals surface area contributed by atoms with Gasteiger partial charge in [0, 0.05) is 35.5 Å². The standard InChI is InChI=1S/C11H14Br2N2O2/c1-11(6-12,7-13)14-10(17)8-3-4-15(2)9(16)5-8/h3-5H,6-7H2,1-2H3,(H,14,17). The highest BCUT2D eigenvalue weighted by Crippen LogP contribution is 2.12. The zero-order chi connectivity index (χ0) is 13.1. The fraction of sp³-hybridized carbons (Fsp3) is 0.455. The van der Waals surface area contributed by atoms with Crippen molar-refractivity contribution in [3.8, 4) is 0 Å². The number of nitrogens with zero attached hydrogens (tertiary/aromatic N) is 1. The maximum absolute atomic E-state index is 11.9. The third-order valence-corrected chi connectivity index (χ3v) is 4.85. The molecule has 17 heavy (non-hydrogen) atoms. The molecule has 0 fully saturated rings. The Morgan fingerprint density at radius 1 is 1.47 bits per heavy atom. The smallest absolute Gasteiger partial charge is 0.252 e. The van der Waals surface area contributed by atoms with Crippen LogP contribution in [0.25, 0.3) is 0 Å². The predicted octanol–water partition coefficient (Wildman–Crippen LogP) is 1.66. The summed E-state index contributed by atoms with van der Waals surface area (Å²) in [5.41, 5.74) is -0.198. The number of nitrogens with one attached hydrogen (secondary N) is 1. The average Bonchev–Trinajstić information content (AvgIpc) is 2.32. The summed E-state index contributed by atoms with van der Waals surface area (Å²) >= 11 is 6.70. The first kappa shape index (κ1) is 14.4. The van der Waals surface area contributed by atoms with Gasteiger partial charge in [-0.2, -0.15) is 0 Å². The molecule has 0 radical (unpaired) electrons. The summed E-state index contributed by atoms with van der Waals surface area (Å²) in [7, 11) is 1.64. The Morgan fingerprint density at radius 3 is 2.53 bits per heavy atom. The van der Waals surface area contributed by atoms with E-state index in [0.717, 1.165) is 0 Å². The van der Waals surface area contributed by atoms with Gasteiger partial charge in [-0.25, -0.2) is 0 Å². The number of amides is 1. The van der Waals surface area contributed by atoms with E-state index in [9.17, 15) is 9.59 Å². The van der Waals surface area contributed by atoms with Crippen molar-refractivity contribution in [3.63, 3.8) is 0 Å². The molecule has 0 aliphatic carbocycles. The van der Waals surface area contributed by atoms with Crippen molar-refractivity contribution >= 4 is 37.8 Å². The summed E-state index contributed by atoms with van der Waals surface area (Å²) in [5.74, 6) is -0.246. The van der Waals surface area contributed by atoms with Gasteiger partial charge in [0.25, 0.3) is 11.5 Å². The molecular weight excluding hydrogens is 352 g/mol. The second kappa shape index (κ2) is 5.82. The Hall–Kier alpha value is -0.620. The number of aromatic nitrogens is 1. The highest BCUT2D eigenvalue weighted by molar-refractivity contribution is 9.09. The van der Waals surface area contributed by atoms with Crippen molar-refractivity contribution in [2.45, 2.75) is 12.5 Å². The van der Waals surface area contributed by atoms with E-state index < -0.39 is 0 Å². The lowest BCUT2D eigenvalue weighted by molar-refractivity contribution is 0.0922. The topological polar surface area (TPSA) is 51.1 Å². The molecule has 1 heterocycles. The van der Waals surface area contributed by atoms with Crippen molar-refractivity contribution in [1.29, 1.82) is 0 Å². The Labute approximate surface area is 117 Å². The molecule has 1 aromatic rings. The number of carbonyl (C=O) groups is 1. The molecule has 0 atom stereocenters. The molecule has 6 heteroatoms. The minimum absolute atomic E-state index is 0.197. The van der Waals surface area contributed by atoms with Gasteiger partial charge in [-0.05, 0) is 13.0 Å². The van der Waals surface area contributed by atoms with Gasteiger partial charge in [0.1, 0.15) is 0 Å². The Kier molecular flexibility index (Phi) is 4.94. The summed E-state index contributed by atoms with van der Waals surface area (Å²) in [6.45, 7) is 1.91. The molecule has 1 N–H and O–H groups in total. The SMILES string of the molecule is Cn1ccc(C(=O)NC(C)(CBr)CBr)cc1=O. The maximum atomic E-state index is 11.9. The van der Waals surface area contributed by atoms with Gasteiger partial charge in [0.2, 0.25) is 0 Å². The Bertz CT molecular complexity index is 467. The predicted molar refractivity (Wildman–Crippen MR) is 75.1 cm³/mol. The van der Waals surface area contributed by atoms with Crippen LogP contribution in [0.3, 0.4) is 0 Å². The van der Waals surface area contributed by atoms with Crippen LogP contribution in [-0.4, -0.2) is 26.7 Å². The third kappa shape index (κ3) is 3.67. The molecular formula is C11H14Br2N2O2. The lowest BCUT2D eigenvalue weighted by Gasteiger charge is -2.26. The normalized spacial score (nSPS) is 11.3. The van der Waals surface area contributed by atoms with E-state index in [-0.39, 0.29) is 17.0 Å². The summed E-state index contributed by atoms with van der Waals surface area (Å²) in [6, 6.07) is 2.96. The number of hydrogen-bond donors (Lipinski definition) is 1. The molecule has 0 spiro atoms. The van der Waals surface area contributed by atoms with Crippen LogP contribution >= 0.6 is 31.9 Å². The molecule has 4 nitrogen and oxygen atoms in total. The Morgan fingerprint density at radius 2 is 2.06 bits per heavy atom. The molecule has 0 unspecified atom stereocenters. The molecule has 1 amide bonds.